The van der Waals surface area contributed by atoms with Gasteiger partial charge in [0, 0.05) is 15.9 Å². The lowest BCUT2D eigenvalue weighted by Gasteiger charge is -2.12. The van der Waals surface area contributed by atoms with Gasteiger partial charge < -0.3 is 11.1 Å². The minimum Gasteiger partial charge on any atom is -0.397 e. The SMILES string of the molecule is CCSc1ccc(C#N)cc1CNC(=O)c1cc(C)cc(Br)c1N. The van der Waals surface area contributed by atoms with Crippen LogP contribution in [0.4, 0.5) is 5.69 Å². The first-order valence-electron chi connectivity index (χ1n) is 7.46. The maximum absolute atomic E-state index is 12.5. The van der Waals surface area contributed by atoms with Crippen LogP contribution in [0.5, 0.6) is 0 Å². The summed E-state index contributed by atoms with van der Waals surface area (Å²) in [5, 5.41) is 12.0. The Bertz CT molecular complexity index is 815. The van der Waals surface area contributed by atoms with Gasteiger partial charge in [0.25, 0.3) is 5.91 Å². The Labute approximate surface area is 154 Å². The van der Waals surface area contributed by atoms with Crippen molar-refractivity contribution < 1.29 is 4.79 Å². The van der Waals surface area contributed by atoms with Crippen molar-refractivity contribution in [1.29, 1.82) is 5.26 Å². The van der Waals surface area contributed by atoms with Gasteiger partial charge in [0.05, 0.1) is 22.9 Å². The number of rotatable bonds is 5. The van der Waals surface area contributed by atoms with Gasteiger partial charge in [-0.2, -0.15) is 5.26 Å². The molecule has 0 saturated carbocycles. The van der Waals surface area contributed by atoms with Crippen LogP contribution in [0, 0.1) is 18.3 Å². The van der Waals surface area contributed by atoms with E-state index in [4.69, 9.17) is 11.0 Å². The Hall–Kier alpha value is -1.97. The zero-order valence-electron chi connectivity index (χ0n) is 13.5. The number of carbonyl (C=O) groups is 1. The maximum Gasteiger partial charge on any atom is 0.253 e. The van der Waals surface area contributed by atoms with Gasteiger partial charge in [-0.1, -0.05) is 6.92 Å². The number of benzene rings is 2. The predicted octanol–water partition coefficient (Wildman–Crippen LogP) is 4.25. The third-order valence-electron chi connectivity index (χ3n) is 3.45. The molecule has 0 unspecified atom stereocenters. The number of carbonyl (C=O) groups excluding carboxylic acids is 1. The van der Waals surface area contributed by atoms with Crippen molar-refractivity contribution in [3.63, 3.8) is 0 Å². The summed E-state index contributed by atoms with van der Waals surface area (Å²) >= 11 is 5.05. The predicted molar refractivity (Wildman–Crippen MR) is 102 cm³/mol. The molecule has 1 amide bonds. The number of thioether (sulfide) groups is 1. The highest BCUT2D eigenvalue weighted by Gasteiger charge is 2.14. The first kappa shape index (κ1) is 18.4. The number of nitrogens with one attached hydrogen (secondary N) is 1. The summed E-state index contributed by atoms with van der Waals surface area (Å²) < 4.78 is 0.710. The first-order chi connectivity index (χ1) is 11.5. The molecule has 0 heterocycles. The second-order valence-electron chi connectivity index (χ2n) is 5.26. The Balaban J connectivity index is 2.22. The molecular formula is C18H18BrN3OS. The van der Waals surface area contributed by atoms with Gasteiger partial charge in [0.2, 0.25) is 0 Å². The minimum atomic E-state index is -0.230. The van der Waals surface area contributed by atoms with E-state index in [1.165, 1.54) is 0 Å². The highest BCUT2D eigenvalue weighted by Crippen LogP contribution is 2.26. The van der Waals surface area contributed by atoms with Crippen molar-refractivity contribution in [2.24, 2.45) is 0 Å². The number of anilines is 1. The third kappa shape index (κ3) is 4.31. The van der Waals surface area contributed by atoms with E-state index in [2.05, 4.69) is 34.2 Å². The molecular weight excluding hydrogens is 386 g/mol. The van der Waals surface area contributed by atoms with Crippen molar-refractivity contribution in [2.45, 2.75) is 25.3 Å². The molecule has 0 bridgehead atoms. The molecule has 3 N–H and O–H groups in total. The van der Waals surface area contributed by atoms with Crippen LogP contribution >= 0.6 is 27.7 Å². The number of nitrogen functional groups attached to an aromatic ring is 1. The van der Waals surface area contributed by atoms with Crippen LogP contribution in [0.2, 0.25) is 0 Å². The van der Waals surface area contributed by atoms with E-state index in [-0.39, 0.29) is 5.91 Å². The average molecular weight is 404 g/mol. The van der Waals surface area contributed by atoms with E-state index in [0.717, 1.165) is 21.8 Å². The van der Waals surface area contributed by atoms with E-state index in [1.54, 1.807) is 23.9 Å². The number of hydrogen-bond acceptors (Lipinski definition) is 4. The van der Waals surface area contributed by atoms with Gasteiger partial charge >= 0.3 is 0 Å². The molecule has 0 aliphatic rings. The van der Waals surface area contributed by atoms with Gasteiger partial charge in [-0.15, -0.1) is 11.8 Å². The molecule has 4 nitrogen and oxygen atoms in total. The Morgan fingerprint density at radius 2 is 2.12 bits per heavy atom. The second-order valence-corrected chi connectivity index (χ2v) is 7.42. The number of amides is 1. The highest BCUT2D eigenvalue weighted by molar-refractivity contribution is 9.10. The van der Waals surface area contributed by atoms with Gasteiger partial charge in [0.1, 0.15) is 0 Å². The number of halogens is 1. The fourth-order valence-corrected chi connectivity index (χ4v) is 3.66. The van der Waals surface area contributed by atoms with Crippen molar-refractivity contribution in [1.82, 2.24) is 5.32 Å². The number of aryl methyl sites for hydroxylation is 1. The van der Waals surface area contributed by atoms with Gasteiger partial charge in [-0.3, -0.25) is 4.79 Å². The van der Waals surface area contributed by atoms with E-state index in [0.29, 0.717) is 27.8 Å². The summed E-state index contributed by atoms with van der Waals surface area (Å²) in [6.45, 7) is 4.32. The van der Waals surface area contributed by atoms with Gasteiger partial charge in [-0.25, -0.2) is 0 Å². The third-order valence-corrected chi connectivity index (χ3v) is 5.10. The summed E-state index contributed by atoms with van der Waals surface area (Å²) in [7, 11) is 0. The van der Waals surface area contributed by atoms with Crippen molar-refractivity contribution in [3.05, 3.63) is 57.1 Å². The topological polar surface area (TPSA) is 78.9 Å². The molecule has 6 heteroatoms. The maximum atomic E-state index is 12.5. The van der Waals surface area contributed by atoms with Crippen LogP contribution in [0.15, 0.2) is 39.7 Å². The van der Waals surface area contributed by atoms with Gasteiger partial charge in [-0.05, 0) is 70.1 Å². The van der Waals surface area contributed by atoms with Crippen LogP contribution < -0.4 is 11.1 Å². The zero-order valence-corrected chi connectivity index (χ0v) is 15.9. The number of nitrogens with zero attached hydrogens (tertiary/aromatic N) is 1. The zero-order chi connectivity index (χ0) is 17.7. The van der Waals surface area contributed by atoms with E-state index in [9.17, 15) is 4.79 Å². The lowest BCUT2D eigenvalue weighted by Crippen LogP contribution is -2.24. The standard InChI is InChI=1S/C18H18BrN3OS/c1-3-24-16-5-4-12(9-20)8-13(16)10-22-18(23)14-6-11(2)7-15(19)17(14)21/h4-8H,3,10,21H2,1-2H3,(H,22,23). The fraction of sp³-hybridized carbons (Fsp3) is 0.222. The molecule has 0 spiro atoms. The molecule has 0 radical (unpaired) electrons. The number of hydrogen-bond donors (Lipinski definition) is 2. The normalized spacial score (nSPS) is 10.2. The second kappa shape index (κ2) is 8.22. The average Bonchev–Trinajstić information content (AvgIpc) is 2.57. The quantitative estimate of drug-likeness (QED) is 0.577. The Morgan fingerprint density at radius 1 is 1.38 bits per heavy atom. The summed E-state index contributed by atoms with van der Waals surface area (Å²) in [6, 6.07) is 11.3. The molecule has 24 heavy (non-hydrogen) atoms. The van der Waals surface area contributed by atoms with E-state index >= 15 is 0 Å². The van der Waals surface area contributed by atoms with Crippen molar-refractivity contribution >= 4 is 39.3 Å². The van der Waals surface area contributed by atoms with Crippen LogP contribution in [-0.2, 0) is 6.54 Å². The van der Waals surface area contributed by atoms with Gasteiger partial charge in [0.15, 0.2) is 0 Å². The molecule has 2 aromatic carbocycles. The molecule has 0 aromatic heterocycles. The summed E-state index contributed by atoms with van der Waals surface area (Å²) in [4.78, 5) is 13.5. The van der Waals surface area contributed by atoms with E-state index < -0.39 is 0 Å². The Kier molecular flexibility index (Phi) is 6.29. The van der Waals surface area contributed by atoms with Crippen molar-refractivity contribution in [2.75, 3.05) is 11.5 Å². The largest absolute Gasteiger partial charge is 0.397 e. The number of nitriles is 1. The molecule has 0 aliphatic heterocycles. The summed E-state index contributed by atoms with van der Waals surface area (Å²) in [5.74, 6) is 0.691. The van der Waals surface area contributed by atoms with E-state index in [1.807, 2.05) is 25.1 Å². The van der Waals surface area contributed by atoms with Crippen LogP contribution in [0.1, 0.15) is 34.0 Å². The molecule has 0 saturated heterocycles. The van der Waals surface area contributed by atoms with Crippen LogP contribution in [0.25, 0.3) is 0 Å². The molecule has 2 rings (SSSR count). The molecule has 0 aliphatic carbocycles. The molecule has 2 aromatic rings. The fourth-order valence-electron chi connectivity index (χ4n) is 2.30. The minimum absolute atomic E-state index is 0.230. The molecule has 0 atom stereocenters. The smallest absolute Gasteiger partial charge is 0.253 e. The summed E-state index contributed by atoms with van der Waals surface area (Å²) in [5.41, 5.74) is 9.32. The highest BCUT2D eigenvalue weighted by atomic mass is 79.9. The lowest BCUT2D eigenvalue weighted by molar-refractivity contribution is 0.0951. The Morgan fingerprint density at radius 3 is 2.79 bits per heavy atom. The lowest BCUT2D eigenvalue weighted by atomic mass is 10.1. The monoisotopic (exact) mass is 403 g/mol. The molecule has 124 valence electrons. The molecule has 0 fully saturated rings. The van der Waals surface area contributed by atoms with Crippen LogP contribution in [-0.4, -0.2) is 11.7 Å². The number of nitrogens with two attached hydrogens (primary N) is 1. The van der Waals surface area contributed by atoms with Crippen LogP contribution in [0.3, 0.4) is 0 Å². The first-order valence-corrected chi connectivity index (χ1v) is 9.23. The summed E-state index contributed by atoms with van der Waals surface area (Å²) in [6.07, 6.45) is 0. The van der Waals surface area contributed by atoms with Crippen molar-refractivity contribution in [3.8, 4) is 6.07 Å².